The first kappa shape index (κ1) is 29.6. The van der Waals surface area contributed by atoms with Crippen LogP contribution < -0.4 is 31.2 Å². The minimum absolute atomic E-state index is 0.0137. The number of aromatic nitrogens is 2. The van der Waals surface area contributed by atoms with Crippen LogP contribution in [-0.2, 0) is 14.4 Å². The van der Waals surface area contributed by atoms with E-state index in [0.29, 0.717) is 23.7 Å². The lowest BCUT2D eigenvalue weighted by Gasteiger charge is -2.23. The van der Waals surface area contributed by atoms with Gasteiger partial charge in [-0.05, 0) is 30.3 Å². The van der Waals surface area contributed by atoms with Gasteiger partial charge in [-0.15, -0.1) is 0 Å². The van der Waals surface area contributed by atoms with Gasteiger partial charge in [0.05, 0.1) is 25.6 Å². The highest BCUT2D eigenvalue weighted by molar-refractivity contribution is 5.77. The molecule has 3 aromatic rings. The summed E-state index contributed by atoms with van der Waals surface area (Å²) >= 11 is 0. The molecule has 1 aliphatic heterocycles. The van der Waals surface area contributed by atoms with E-state index in [4.69, 9.17) is 25.4 Å². The molecule has 1 atom stereocenters. The van der Waals surface area contributed by atoms with Gasteiger partial charge in [0.1, 0.15) is 11.5 Å². The SMILES string of the molecule is CNC(=O)COc1cccc(Nc2ncc(F)c(Nc3ccc4c(c3)C(N)CCO4)n2)c1.O=C(O)CCC(=O)O. The van der Waals surface area contributed by atoms with E-state index in [1.54, 1.807) is 36.4 Å². The van der Waals surface area contributed by atoms with Gasteiger partial charge in [-0.25, -0.2) is 9.37 Å². The van der Waals surface area contributed by atoms with Gasteiger partial charge in [-0.1, -0.05) is 6.07 Å². The van der Waals surface area contributed by atoms with E-state index >= 15 is 0 Å². The van der Waals surface area contributed by atoms with Crippen LogP contribution in [0.4, 0.5) is 27.5 Å². The smallest absolute Gasteiger partial charge is 0.303 e. The van der Waals surface area contributed by atoms with Gasteiger partial charge >= 0.3 is 11.9 Å². The lowest BCUT2D eigenvalue weighted by molar-refractivity contribution is -0.143. The van der Waals surface area contributed by atoms with Crippen LogP contribution in [0.15, 0.2) is 48.7 Å². The Balaban J connectivity index is 0.000000482. The number of nitrogens with zero attached hydrogens (tertiary/aromatic N) is 2. The molecule has 1 unspecified atom stereocenters. The fraction of sp³-hybridized carbons (Fsp3) is 0.269. The zero-order valence-electron chi connectivity index (χ0n) is 21.5. The van der Waals surface area contributed by atoms with E-state index in [1.165, 1.54) is 7.05 Å². The highest BCUT2D eigenvalue weighted by Crippen LogP contribution is 2.33. The first-order valence-corrected chi connectivity index (χ1v) is 12.1. The molecule has 2 heterocycles. The molecule has 13 nitrogen and oxygen atoms in total. The summed E-state index contributed by atoms with van der Waals surface area (Å²) in [5.41, 5.74) is 8.28. The van der Waals surface area contributed by atoms with E-state index < -0.39 is 17.8 Å². The molecule has 0 radical (unpaired) electrons. The van der Waals surface area contributed by atoms with Gasteiger partial charge in [-0.2, -0.15) is 4.98 Å². The fourth-order valence-corrected chi connectivity index (χ4v) is 3.38. The molecule has 7 N–H and O–H groups in total. The number of anilines is 4. The summed E-state index contributed by atoms with van der Waals surface area (Å²) in [6.45, 7) is 0.477. The van der Waals surface area contributed by atoms with Crippen LogP contribution in [0.3, 0.4) is 0 Å². The molecule has 4 rings (SSSR count). The Hall–Kier alpha value is -4.98. The number of carboxylic acids is 2. The average Bonchev–Trinajstić information content (AvgIpc) is 2.93. The van der Waals surface area contributed by atoms with Crippen LogP contribution in [0.25, 0.3) is 0 Å². The predicted molar refractivity (Wildman–Crippen MR) is 143 cm³/mol. The molecule has 40 heavy (non-hydrogen) atoms. The van der Waals surface area contributed by atoms with Crippen LogP contribution in [-0.4, -0.2) is 58.3 Å². The minimum atomic E-state index is -1.08. The van der Waals surface area contributed by atoms with Crippen molar-refractivity contribution < 1.29 is 38.5 Å². The Morgan fingerprint density at radius 3 is 2.52 bits per heavy atom. The second-order valence-corrected chi connectivity index (χ2v) is 8.41. The lowest BCUT2D eigenvalue weighted by Crippen LogP contribution is -2.24. The summed E-state index contributed by atoms with van der Waals surface area (Å²) in [7, 11) is 1.54. The van der Waals surface area contributed by atoms with Crippen LogP contribution in [0, 0.1) is 5.82 Å². The molecule has 14 heteroatoms. The van der Waals surface area contributed by atoms with Crippen molar-refractivity contribution in [3.8, 4) is 11.5 Å². The number of amides is 1. The molecule has 1 aliphatic rings. The van der Waals surface area contributed by atoms with Crippen molar-refractivity contribution in [2.45, 2.75) is 25.3 Å². The predicted octanol–water partition coefficient (Wildman–Crippen LogP) is 2.95. The Morgan fingerprint density at radius 1 is 1.10 bits per heavy atom. The van der Waals surface area contributed by atoms with Crippen LogP contribution >= 0.6 is 0 Å². The number of halogens is 1. The zero-order valence-corrected chi connectivity index (χ0v) is 21.5. The third-order valence-electron chi connectivity index (χ3n) is 5.39. The van der Waals surface area contributed by atoms with Gasteiger partial charge in [0.25, 0.3) is 5.91 Å². The summed E-state index contributed by atoms with van der Waals surface area (Å²) in [6, 6.07) is 12.2. The fourth-order valence-electron chi connectivity index (χ4n) is 3.38. The van der Waals surface area contributed by atoms with Gasteiger partial charge in [0.2, 0.25) is 5.95 Å². The molecule has 0 aliphatic carbocycles. The Kier molecular flexibility index (Phi) is 10.5. The molecular weight excluding hydrogens is 527 g/mol. The zero-order chi connectivity index (χ0) is 29.1. The lowest BCUT2D eigenvalue weighted by atomic mass is 10.0. The number of carbonyl (C=O) groups is 3. The first-order valence-electron chi connectivity index (χ1n) is 12.1. The number of carboxylic acid groups (broad SMARTS) is 2. The van der Waals surface area contributed by atoms with E-state index in [9.17, 15) is 18.8 Å². The number of nitrogens with two attached hydrogens (primary N) is 1. The molecule has 212 valence electrons. The maximum atomic E-state index is 14.4. The molecule has 2 aromatic carbocycles. The van der Waals surface area contributed by atoms with E-state index in [1.807, 2.05) is 6.07 Å². The number of hydrogen-bond donors (Lipinski definition) is 6. The minimum Gasteiger partial charge on any atom is -0.493 e. The van der Waals surface area contributed by atoms with Gasteiger partial charge in [0, 0.05) is 42.5 Å². The van der Waals surface area contributed by atoms with Crippen LogP contribution in [0.5, 0.6) is 11.5 Å². The summed E-state index contributed by atoms with van der Waals surface area (Å²) in [5.74, 6) is -1.56. The standard InChI is InChI=1S/C22H23FN6O3.C4H6O4/c1-25-20(30)12-32-15-4-2-3-13(9-15)28-22-26-11-17(23)21(29-22)27-14-5-6-19-16(10-14)18(24)7-8-31-19;5-3(6)1-2-4(7)8/h2-6,9-11,18H,7-8,12,24H2,1H3,(H,25,30)(H2,26,27,28,29);1-2H2,(H,5,6)(H,7,8). The highest BCUT2D eigenvalue weighted by Gasteiger charge is 2.19. The van der Waals surface area contributed by atoms with E-state index in [2.05, 4.69) is 25.9 Å². The topological polar surface area (TPSA) is 198 Å². The van der Waals surface area contributed by atoms with E-state index in [-0.39, 0.29) is 43.2 Å². The average molecular weight is 557 g/mol. The van der Waals surface area contributed by atoms with Gasteiger partial charge in [-0.3, -0.25) is 14.4 Å². The third kappa shape index (κ3) is 9.09. The summed E-state index contributed by atoms with van der Waals surface area (Å²) in [4.78, 5) is 38.9. The van der Waals surface area contributed by atoms with Crippen molar-refractivity contribution in [1.29, 1.82) is 0 Å². The van der Waals surface area contributed by atoms with Crippen molar-refractivity contribution in [1.82, 2.24) is 15.3 Å². The van der Waals surface area contributed by atoms with E-state index in [0.717, 1.165) is 23.9 Å². The summed E-state index contributed by atoms with van der Waals surface area (Å²) < 4.78 is 25.4. The molecule has 1 amide bonds. The first-order chi connectivity index (χ1) is 19.1. The third-order valence-corrected chi connectivity index (χ3v) is 5.39. The number of aliphatic carboxylic acids is 2. The highest BCUT2D eigenvalue weighted by atomic mass is 19.1. The number of benzene rings is 2. The molecule has 0 saturated carbocycles. The molecular formula is C26H29FN6O7. The molecule has 0 fully saturated rings. The summed E-state index contributed by atoms with van der Waals surface area (Å²) in [5, 5.41) is 24.3. The molecule has 0 spiro atoms. The van der Waals surface area contributed by atoms with Gasteiger partial charge < -0.3 is 41.4 Å². The number of ether oxygens (including phenoxy) is 2. The van der Waals surface area contributed by atoms with Crippen molar-refractivity contribution >= 4 is 41.0 Å². The van der Waals surface area contributed by atoms with Crippen molar-refractivity contribution in [3.05, 3.63) is 60.0 Å². The Labute approximate surface area is 228 Å². The van der Waals surface area contributed by atoms with Crippen LogP contribution in [0.2, 0.25) is 0 Å². The maximum absolute atomic E-state index is 14.4. The Bertz CT molecular complexity index is 1340. The number of likely N-dealkylation sites (N-methyl/N-ethyl adjacent to an activating group) is 1. The largest absolute Gasteiger partial charge is 0.493 e. The number of carbonyl (C=O) groups excluding carboxylic acids is 1. The molecule has 1 aromatic heterocycles. The number of nitrogens with one attached hydrogen (secondary N) is 3. The maximum Gasteiger partial charge on any atom is 0.303 e. The normalized spacial score (nSPS) is 13.4. The molecule has 0 bridgehead atoms. The second-order valence-electron chi connectivity index (χ2n) is 8.41. The Morgan fingerprint density at radius 2 is 1.82 bits per heavy atom. The van der Waals surface area contributed by atoms with Gasteiger partial charge in [0.15, 0.2) is 18.2 Å². The second kappa shape index (κ2) is 14.2. The quantitative estimate of drug-likeness (QED) is 0.214. The van der Waals surface area contributed by atoms with Crippen molar-refractivity contribution in [2.75, 3.05) is 30.9 Å². The monoisotopic (exact) mass is 556 g/mol. The summed E-state index contributed by atoms with van der Waals surface area (Å²) in [6.07, 6.45) is 1.21. The van der Waals surface area contributed by atoms with Crippen molar-refractivity contribution in [2.24, 2.45) is 5.73 Å². The number of fused-ring (bicyclic) bond motifs is 1. The van der Waals surface area contributed by atoms with Crippen molar-refractivity contribution in [3.63, 3.8) is 0 Å². The molecule has 0 saturated heterocycles. The van der Waals surface area contributed by atoms with Crippen LogP contribution in [0.1, 0.15) is 30.9 Å². The number of rotatable bonds is 10. The number of hydrogen-bond acceptors (Lipinski definition) is 10.